The fourth-order valence-electron chi connectivity index (χ4n) is 3.95. The molecule has 0 radical (unpaired) electrons. The van der Waals surface area contributed by atoms with Crippen molar-refractivity contribution >= 4 is 34.7 Å². The average molecular weight is 495 g/mol. The van der Waals surface area contributed by atoms with Crippen molar-refractivity contribution in [1.29, 1.82) is 0 Å². The summed E-state index contributed by atoms with van der Waals surface area (Å²) in [5, 5.41) is 8.48. The molecule has 2 heterocycles. The molecule has 34 heavy (non-hydrogen) atoms. The fourth-order valence-corrected chi connectivity index (χ4v) is 4.71. The van der Waals surface area contributed by atoms with Crippen molar-refractivity contribution < 1.29 is 9.26 Å². The molecule has 178 valence electrons. The maximum atomic E-state index is 5.81. The zero-order valence-corrected chi connectivity index (χ0v) is 21.6. The van der Waals surface area contributed by atoms with Crippen molar-refractivity contribution in [2.45, 2.75) is 44.2 Å². The maximum Gasteiger partial charge on any atom is 0.258 e. The van der Waals surface area contributed by atoms with E-state index in [2.05, 4.69) is 52.8 Å². The Morgan fingerprint density at radius 3 is 2.56 bits per heavy atom. The number of hydrogen-bond donors (Lipinski definition) is 1. The molecule has 3 aromatic rings. The predicted molar refractivity (Wildman–Crippen MR) is 141 cm³/mol. The second kappa shape index (κ2) is 11.2. The van der Waals surface area contributed by atoms with Gasteiger partial charge in [0.25, 0.3) is 5.89 Å². The Hall–Kier alpha value is -2.68. The molecule has 0 fully saturated rings. The largest absolute Gasteiger partial charge is 0.379 e. The van der Waals surface area contributed by atoms with Gasteiger partial charge in [0, 0.05) is 29.3 Å². The van der Waals surface area contributed by atoms with Gasteiger partial charge in [0.1, 0.15) is 0 Å². The van der Waals surface area contributed by atoms with E-state index in [1.54, 1.807) is 11.8 Å². The minimum Gasteiger partial charge on any atom is -0.379 e. The summed E-state index contributed by atoms with van der Waals surface area (Å²) in [6.07, 6.45) is 3.14. The van der Waals surface area contributed by atoms with Gasteiger partial charge < -0.3 is 19.5 Å². The van der Waals surface area contributed by atoms with Crippen molar-refractivity contribution in [3.63, 3.8) is 0 Å². The van der Waals surface area contributed by atoms with Crippen LogP contribution < -0.4 is 5.32 Å². The molecule has 0 amide bonds. The molecular weight excluding hydrogens is 464 g/mol. The lowest BCUT2D eigenvalue weighted by Crippen LogP contribution is -2.46. The van der Waals surface area contributed by atoms with Gasteiger partial charge in [0.15, 0.2) is 5.11 Å². The van der Waals surface area contributed by atoms with Crippen molar-refractivity contribution in [2.24, 2.45) is 0 Å². The smallest absolute Gasteiger partial charge is 0.258 e. The van der Waals surface area contributed by atoms with Gasteiger partial charge in [-0.25, -0.2) is 0 Å². The molecule has 1 atom stereocenters. The minimum atomic E-state index is -0.185. The SMILES string of the molecule is CSc1ccc(C2NC(=S)N(CCCOC(C)C)C(C)=C2c2nc(-c3ccccc3)no2)cc1. The van der Waals surface area contributed by atoms with Gasteiger partial charge in [-0.05, 0) is 63.4 Å². The van der Waals surface area contributed by atoms with E-state index in [9.17, 15) is 0 Å². The fraction of sp³-hybridized carbons (Fsp3) is 0.346. The van der Waals surface area contributed by atoms with Crippen LogP contribution in [0.1, 0.15) is 44.7 Å². The molecule has 1 aromatic heterocycles. The van der Waals surface area contributed by atoms with Crippen molar-refractivity contribution in [3.05, 3.63) is 71.7 Å². The topological polar surface area (TPSA) is 63.4 Å². The molecule has 2 aromatic carbocycles. The normalized spacial score (nSPS) is 16.3. The molecular formula is C26H30N4O2S2. The Labute approximate surface area is 210 Å². The van der Waals surface area contributed by atoms with Crippen molar-refractivity contribution in [3.8, 4) is 11.4 Å². The first-order valence-electron chi connectivity index (χ1n) is 11.4. The Morgan fingerprint density at radius 2 is 1.88 bits per heavy atom. The van der Waals surface area contributed by atoms with Gasteiger partial charge in [-0.15, -0.1) is 11.8 Å². The Balaban J connectivity index is 1.70. The number of ether oxygens (including phenoxy) is 1. The van der Waals surface area contributed by atoms with Crippen LogP contribution in [-0.2, 0) is 4.74 Å². The van der Waals surface area contributed by atoms with Crippen LogP contribution in [0.3, 0.4) is 0 Å². The molecule has 8 heteroatoms. The Kier molecular flexibility index (Phi) is 8.03. The summed E-state index contributed by atoms with van der Waals surface area (Å²) < 4.78 is 11.5. The molecule has 0 bridgehead atoms. The number of aromatic nitrogens is 2. The lowest BCUT2D eigenvalue weighted by molar-refractivity contribution is 0.0749. The van der Waals surface area contributed by atoms with Gasteiger partial charge in [-0.1, -0.05) is 47.6 Å². The van der Waals surface area contributed by atoms with E-state index in [0.29, 0.717) is 23.4 Å². The summed E-state index contributed by atoms with van der Waals surface area (Å²) in [7, 11) is 0. The summed E-state index contributed by atoms with van der Waals surface area (Å²) in [6, 6.07) is 18.2. The Bertz CT molecular complexity index is 1140. The first-order chi connectivity index (χ1) is 16.5. The average Bonchev–Trinajstić information content (AvgIpc) is 3.33. The number of nitrogens with one attached hydrogen (secondary N) is 1. The summed E-state index contributed by atoms with van der Waals surface area (Å²) >= 11 is 7.50. The highest BCUT2D eigenvalue weighted by molar-refractivity contribution is 7.98. The molecule has 1 unspecified atom stereocenters. The van der Waals surface area contributed by atoms with Crippen LogP contribution in [0.4, 0.5) is 0 Å². The third-order valence-electron chi connectivity index (χ3n) is 5.71. The van der Waals surface area contributed by atoms with E-state index in [1.165, 1.54) is 4.90 Å². The van der Waals surface area contributed by atoms with Crippen LogP contribution in [0.2, 0.25) is 0 Å². The minimum absolute atomic E-state index is 0.185. The summed E-state index contributed by atoms with van der Waals surface area (Å²) in [4.78, 5) is 8.08. The van der Waals surface area contributed by atoms with E-state index in [-0.39, 0.29) is 12.1 Å². The molecule has 1 aliphatic heterocycles. The van der Waals surface area contributed by atoms with Crippen LogP contribution in [0.25, 0.3) is 17.0 Å². The molecule has 1 aliphatic rings. The molecule has 1 N–H and O–H groups in total. The molecule has 0 aliphatic carbocycles. The first kappa shape index (κ1) is 24.4. The predicted octanol–water partition coefficient (Wildman–Crippen LogP) is 5.94. The standard InChI is InChI=1S/C26H30N4O2S2/c1-17(2)31-16-8-15-30-18(3)22(25-28-24(29-32-25)20-9-6-5-7-10-20)23(27-26(30)33)19-11-13-21(34-4)14-12-19/h5-7,9-14,17,23H,8,15-16H2,1-4H3,(H,27,33). The number of nitrogens with zero attached hydrogens (tertiary/aromatic N) is 3. The van der Waals surface area contributed by atoms with Crippen molar-refractivity contribution in [2.75, 3.05) is 19.4 Å². The van der Waals surface area contributed by atoms with Crippen LogP contribution in [0.5, 0.6) is 0 Å². The van der Waals surface area contributed by atoms with Crippen LogP contribution in [0.15, 0.2) is 69.7 Å². The van der Waals surface area contributed by atoms with E-state index >= 15 is 0 Å². The lowest BCUT2D eigenvalue weighted by Gasteiger charge is -2.37. The van der Waals surface area contributed by atoms with E-state index in [4.69, 9.17) is 26.5 Å². The van der Waals surface area contributed by atoms with Gasteiger partial charge in [0.05, 0.1) is 17.7 Å². The molecule has 0 spiro atoms. The molecule has 0 saturated heterocycles. The van der Waals surface area contributed by atoms with Crippen molar-refractivity contribution in [1.82, 2.24) is 20.4 Å². The van der Waals surface area contributed by atoms with E-state index in [1.807, 2.05) is 44.2 Å². The number of thiocarbonyl (C=S) groups is 1. The van der Waals surface area contributed by atoms with Crippen LogP contribution in [0, 0.1) is 0 Å². The zero-order valence-electron chi connectivity index (χ0n) is 19.9. The van der Waals surface area contributed by atoms with Gasteiger partial charge >= 0.3 is 0 Å². The van der Waals surface area contributed by atoms with E-state index in [0.717, 1.165) is 35.4 Å². The highest BCUT2D eigenvalue weighted by atomic mass is 32.2. The third kappa shape index (κ3) is 5.51. The monoisotopic (exact) mass is 494 g/mol. The van der Waals surface area contributed by atoms with Crippen LogP contribution in [-0.4, -0.2) is 45.7 Å². The molecule has 4 rings (SSSR count). The second-order valence-electron chi connectivity index (χ2n) is 8.37. The summed E-state index contributed by atoms with van der Waals surface area (Å²) in [5.41, 5.74) is 3.95. The molecule has 0 saturated carbocycles. The van der Waals surface area contributed by atoms with Gasteiger partial charge in [-0.3, -0.25) is 0 Å². The van der Waals surface area contributed by atoms with Crippen LogP contribution >= 0.6 is 24.0 Å². The number of benzene rings is 2. The lowest BCUT2D eigenvalue weighted by atomic mass is 9.95. The maximum absolute atomic E-state index is 5.81. The number of thioether (sulfide) groups is 1. The highest BCUT2D eigenvalue weighted by Crippen LogP contribution is 2.37. The summed E-state index contributed by atoms with van der Waals surface area (Å²) in [6.45, 7) is 7.58. The third-order valence-corrected chi connectivity index (χ3v) is 6.79. The van der Waals surface area contributed by atoms with E-state index < -0.39 is 0 Å². The second-order valence-corrected chi connectivity index (χ2v) is 9.63. The Morgan fingerprint density at radius 1 is 1.15 bits per heavy atom. The quantitative estimate of drug-likeness (QED) is 0.223. The van der Waals surface area contributed by atoms with Gasteiger partial charge in [-0.2, -0.15) is 4.98 Å². The number of rotatable bonds is 9. The molecule has 6 nitrogen and oxygen atoms in total. The van der Waals surface area contributed by atoms with Gasteiger partial charge in [0.2, 0.25) is 5.82 Å². The first-order valence-corrected chi connectivity index (χ1v) is 13.0. The highest BCUT2D eigenvalue weighted by Gasteiger charge is 2.33. The number of hydrogen-bond acceptors (Lipinski definition) is 6. The zero-order chi connectivity index (χ0) is 24.1. The summed E-state index contributed by atoms with van der Waals surface area (Å²) in [5.74, 6) is 1.06. The number of allylic oxidation sites excluding steroid dienone is 1.